The number of hydrogen-bond donors (Lipinski definition) is 1. The van der Waals surface area contributed by atoms with Gasteiger partial charge >= 0.3 is 11.7 Å². The van der Waals surface area contributed by atoms with Crippen LogP contribution in [0.3, 0.4) is 0 Å². The van der Waals surface area contributed by atoms with Crippen LogP contribution in [0, 0.1) is 10.1 Å². The Morgan fingerprint density at radius 2 is 2.29 bits per heavy atom. The highest BCUT2D eigenvalue weighted by Gasteiger charge is 2.30. The second kappa shape index (κ2) is 7.24. The average molecular weight is 317 g/mol. The molecule has 116 valence electrons. The van der Waals surface area contributed by atoms with Crippen molar-refractivity contribution in [3.63, 3.8) is 0 Å². The summed E-state index contributed by atoms with van der Waals surface area (Å²) >= 11 is 0. The summed E-state index contributed by atoms with van der Waals surface area (Å²) < 4.78 is 4.94. The van der Waals surface area contributed by atoms with Gasteiger partial charge in [-0.05, 0) is 31.0 Å². The molecule has 2 rings (SSSR count). The predicted octanol–water partition coefficient (Wildman–Crippen LogP) is 2.07. The quantitative estimate of drug-likeness (QED) is 0.660. The Labute approximate surface area is 128 Å². The molecule has 0 unspecified atom stereocenters. The van der Waals surface area contributed by atoms with Crippen LogP contribution in [0.25, 0.3) is 0 Å². The van der Waals surface area contributed by atoms with Crippen LogP contribution in [0.5, 0.6) is 5.75 Å². The van der Waals surface area contributed by atoms with Crippen molar-refractivity contribution < 1.29 is 19.6 Å². The van der Waals surface area contributed by atoms with Crippen LogP contribution in [-0.4, -0.2) is 40.6 Å². The van der Waals surface area contributed by atoms with Crippen molar-refractivity contribution in [1.82, 2.24) is 4.90 Å². The zero-order valence-electron chi connectivity index (χ0n) is 11.5. The third-order valence-electron chi connectivity index (χ3n) is 3.47. The number of carboxylic acid groups (broad SMARTS) is 1. The molecule has 0 aliphatic carbocycles. The minimum Gasteiger partial charge on any atom is -0.490 e. The minimum atomic E-state index is -0.842. The van der Waals surface area contributed by atoms with Crippen LogP contribution < -0.4 is 4.74 Å². The van der Waals surface area contributed by atoms with E-state index in [9.17, 15) is 14.9 Å². The molecule has 1 saturated heterocycles. The van der Waals surface area contributed by atoms with Gasteiger partial charge in [-0.1, -0.05) is 6.07 Å². The number of aliphatic carboxylic acids is 1. The number of rotatable bonds is 5. The van der Waals surface area contributed by atoms with Gasteiger partial charge in [0.05, 0.1) is 12.0 Å². The van der Waals surface area contributed by atoms with Crippen LogP contribution in [-0.2, 0) is 11.3 Å². The van der Waals surface area contributed by atoms with E-state index >= 15 is 0 Å². The van der Waals surface area contributed by atoms with Crippen LogP contribution in [0.4, 0.5) is 5.69 Å². The van der Waals surface area contributed by atoms with Crippen LogP contribution in [0.15, 0.2) is 18.2 Å². The fourth-order valence-electron chi connectivity index (χ4n) is 2.51. The zero-order chi connectivity index (χ0) is 14.7. The summed E-state index contributed by atoms with van der Waals surface area (Å²) in [6.07, 6.45) is 1.45. The number of hydrogen-bond acceptors (Lipinski definition) is 5. The minimum absolute atomic E-state index is 0. The summed E-state index contributed by atoms with van der Waals surface area (Å²) in [6.45, 7) is 1.08. The molecular weight excluding hydrogens is 300 g/mol. The van der Waals surface area contributed by atoms with E-state index in [1.807, 2.05) is 4.90 Å². The topological polar surface area (TPSA) is 92.9 Å². The Morgan fingerprint density at radius 1 is 1.57 bits per heavy atom. The molecule has 0 spiro atoms. The summed E-state index contributed by atoms with van der Waals surface area (Å²) in [6, 6.07) is 4.20. The highest BCUT2D eigenvalue weighted by molar-refractivity contribution is 5.85. The molecule has 1 heterocycles. The SMILES string of the molecule is COc1ccc(CN2CCC[C@H]2C(=O)O)cc1[N+](=O)[O-].Cl. The molecule has 1 aliphatic rings. The number of methoxy groups -OCH3 is 1. The van der Waals surface area contributed by atoms with Crippen LogP contribution in [0.2, 0.25) is 0 Å². The lowest BCUT2D eigenvalue weighted by atomic mass is 10.1. The van der Waals surface area contributed by atoms with Crippen molar-refractivity contribution in [2.24, 2.45) is 0 Å². The maximum absolute atomic E-state index is 11.1. The van der Waals surface area contributed by atoms with E-state index in [0.29, 0.717) is 25.1 Å². The molecule has 1 N–H and O–H groups in total. The van der Waals surface area contributed by atoms with Crippen molar-refractivity contribution in [2.75, 3.05) is 13.7 Å². The van der Waals surface area contributed by atoms with E-state index in [1.165, 1.54) is 13.2 Å². The van der Waals surface area contributed by atoms with Gasteiger partial charge < -0.3 is 9.84 Å². The van der Waals surface area contributed by atoms with Gasteiger partial charge in [0, 0.05) is 12.6 Å². The number of halogens is 1. The molecule has 1 fully saturated rings. The van der Waals surface area contributed by atoms with Crippen LogP contribution in [0.1, 0.15) is 18.4 Å². The van der Waals surface area contributed by atoms with Crippen molar-refractivity contribution >= 4 is 24.1 Å². The number of benzene rings is 1. The molecule has 0 bridgehead atoms. The number of nitro benzene ring substituents is 1. The molecule has 7 nitrogen and oxygen atoms in total. The second-order valence-corrected chi connectivity index (χ2v) is 4.73. The largest absolute Gasteiger partial charge is 0.490 e. The summed E-state index contributed by atoms with van der Waals surface area (Å²) in [7, 11) is 1.38. The molecule has 0 radical (unpaired) electrons. The Bertz CT molecular complexity index is 537. The molecule has 8 heteroatoms. The van der Waals surface area contributed by atoms with Gasteiger partial charge in [-0.3, -0.25) is 19.8 Å². The molecule has 1 aliphatic heterocycles. The fraction of sp³-hybridized carbons (Fsp3) is 0.462. The third-order valence-corrected chi connectivity index (χ3v) is 3.47. The average Bonchev–Trinajstić information content (AvgIpc) is 2.87. The monoisotopic (exact) mass is 316 g/mol. The number of nitrogens with zero attached hydrogens (tertiary/aromatic N) is 2. The lowest BCUT2D eigenvalue weighted by Crippen LogP contribution is -2.35. The van der Waals surface area contributed by atoms with E-state index < -0.39 is 16.9 Å². The standard InChI is InChI=1S/C13H16N2O5.ClH/c1-20-12-5-4-9(7-11(12)15(18)19)8-14-6-2-3-10(14)13(16)17;/h4-5,7,10H,2-3,6,8H2,1H3,(H,16,17);1H/t10-;/m0./s1. The van der Waals surface area contributed by atoms with Crippen molar-refractivity contribution in [1.29, 1.82) is 0 Å². The number of nitro groups is 1. The van der Waals surface area contributed by atoms with Crippen LogP contribution >= 0.6 is 12.4 Å². The normalized spacial score (nSPS) is 18.0. The highest BCUT2D eigenvalue weighted by Crippen LogP contribution is 2.29. The molecule has 0 saturated carbocycles. The maximum Gasteiger partial charge on any atom is 0.320 e. The second-order valence-electron chi connectivity index (χ2n) is 4.73. The summed E-state index contributed by atoms with van der Waals surface area (Å²) in [5.74, 6) is -0.638. The summed E-state index contributed by atoms with van der Waals surface area (Å²) in [4.78, 5) is 23.4. The number of carboxylic acids is 1. The van der Waals surface area contributed by atoms with Crippen molar-refractivity contribution in [3.05, 3.63) is 33.9 Å². The lowest BCUT2D eigenvalue weighted by Gasteiger charge is -2.20. The third kappa shape index (κ3) is 3.83. The van der Waals surface area contributed by atoms with Crippen molar-refractivity contribution in [3.8, 4) is 5.75 Å². The molecule has 0 amide bonds. The summed E-state index contributed by atoms with van der Waals surface area (Å²) in [5.41, 5.74) is 0.613. The van der Waals surface area contributed by atoms with E-state index in [2.05, 4.69) is 0 Å². The number of carbonyl (C=O) groups is 1. The molecule has 21 heavy (non-hydrogen) atoms. The highest BCUT2D eigenvalue weighted by atomic mass is 35.5. The maximum atomic E-state index is 11.1. The molecular formula is C13H17ClN2O5. The number of likely N-dealkylation sites (tertiary alicyclic amines) is 1. The Morgan fingerprint density at radius 3 is 2.86 bits per heavy atom. The molecule has 1 aromatic rings. The zero-order valence-corrected chi connectivity index (χ0v) is 12.3. The fourth-order valence-corrected chi connectivity index (χ4v) is 2.51. The number of ether oxygens (including phenoxy) is 1. The first kappa shape index (κ1) is 17.2. The Hall–Kier alpha value is -1.86. The van der Waals surface area contributed by atoms with E-state index in [1.54, 1.807) is 12.1 Å². The molecule has 0 aromatic heterocycles. The van der Waals surface area contributed by atoms with Crippen molar-refractivity contribution in [2.45, 2.75) is 25.4 Å². The first-order valence-corrected chi connectivity index (χ1v) is 6.31. The Balaban J connectivity index is 0.00000220. The van der Waals surface area contributed by atoms with Gasteiger partial charge in [-0.15, -0.1) is 12.4 Å². The summed E-state index contributed by atoms with van der Waals surface area (Å²) in [5, 5.41) is 20.1. The molecule has 1 atom stereocenters. The van der Waals surface area contributed by atoms with Gasteiger partial charge in [0.1, 0.15) is 6.04 Å². The van der Waals surface area contributed by atoms with Gasteiger partial charge in [0.2, 0.25) is 0 Å². The lowest BCUT2D eigenvalue weighted by molar-refractivity contribution is -0.385. The first-order chi connectivity index (χ1) is 9.52. The van der Waals surface area contributed by atoms with Gasteiger partial charge in [0.25, 0.3) is 0 Å². The smallest absolute Gasteiger partial charge is 0.320 e. The van der Waals surface area contributed by atoms with E-state index in [0.717, 1.165) is 6.42 Å². The van der Waals surface area contributed by atoms with E-state index in [-0.39, 0.29) is 23.8 Å². The predicted molar refractivity (Wildman–Crippen MR) is 78.0 cm³/mol. The molecule has 1 aromatic carbocycles. The first-order valence-electron chi connectivity index (χ1n) is 6.31. The van der Waals surface area contributed by atoms with E-state index in [4.69, 9.17) is 9.84 Å². The van der Waals surface area contributed by atoms with Gasteiger partial charge in [0.15, 0.2) is 5.75 Å². The Kier molecular flexibility index (Phi) is 5.92. The van der Waals surface area contributed by atoms with Gasteiger partial charge in [-0.2, -0.15) is 0 Å². The van der Waals surface area contributed by atoms with Gasteiger partial charge in [-0.25, -0.2) is 0 Å².